The zero-order valence-corrected chi connectivity index (χ0v) is 13.9. The first-order valence-electron chi connectivity index (χ1n) is 7.87. The zero-order chi connectivity index (χ0) is 17.1. The number of fused-ring (bicyclic) bond motifs is 1. The number of nitrogens with zero attached hydrogens (tertiary/aromatic N) is 3. The maximum Gasteiger partial charge on any atom is 0.336 e. The Hall–Kier alpha value is -2.60. The number of rotatable bonds is 4. The Morgan fingerprint density at radius 1 is 1.33 bits per heavy atom. The molecule has 2 heterocycles. The van der Waals surface area contributed by atoms with Crippen LogP contribution in [-0.2, 0) is 13.1 Å². The molecule has 6 nitrogen and oxygen atoms in total. The fourth-order valence-corrected chi connectivity index (χ4v) is 2.82. The van der Waals surface area contributed by atoms with E-state index in [1.54, 1.807) is 12.1 Å². The minimum absolute atomic E-state index is 0.306. The van der Waals surface area contributed by atoms with Crippen LogP contribution in [0.3, 0.4) is 0 Å². The van der Waals surface area contributed by atoms with Gasteiger partial charge in [-0.25, -0.2) is 9.78 Å². The molecule has 1 aromatic carbocycles. The molecular formula is C18H21N3O3. The molecule has 24 heavy (non-hydrogen) atoms. The van der Waals surface area contributed by atoms with Crippen molar-refractivity contribution in [3.63, 3.8) is 0 Å². The van der Waals surface area contributed by atoms with Crippen LogP contribution in [0.25, 0.3) is 0 Å². The van der Waals surface area contributed by atoms with Gasteiger partial charge in [-0.3, -0.25) is 4.90 Å². The van der Waals surface area contributed by atoms with Gasteiger partial charge in [0.05, 0.1) is 5.56 Å². The summed E-state index contributed by atoms with van der Waals surface area (Å²) in [4.78, 5) is 20.0. The van der Waals surface area contributed by atoms with Gasteiger partial charge in [0, 0.05) is 45.5 Å². The third-order valence-corrected chi connectivity index (χ3v) is 4.08. The lowest BCUT2D eigenvalue weighted by molar-refractivity contribution is 0.0694. The number of hydrogen-bond donors (Lipinski definition) is 1. The van der Waals surface area contributed by atoms with Gasteiger partial charge >= 0.3 is 5.97 Å². The summed E-state index contributed by atoms with van der Waals surface area (Å²) < 4.78 is 5.73. The number of carbonyl (C=O) groups is 1. The van der Waals surface area contributed by atoms with E-state index in [1.165, 1.54) is 0 Å². The van der Waals surface area contributed by atoms with Crippen molar-refractivity contribution in [1.82, 2.24) is 9.88 Å². The van der Waals surface area contributed by atoms with Crippen molar-refractivity contribution in [3.8, 4) is 5.75 Å². The van der Waals surface area contributed by atoms with Crippen LogP contribution in [0, 0.1) is 0 Å². The molecule has 0 saturated carbocycles. The van der Waals surface area contributed by atoms with Crippen LogP contribution in [0.5, 0.6) is 5.75 Å². The van der Waals surface area contributed by atoms with Gasteiger partial charge in [-0.15, -0.1) is 0 Å². The molecule has 6 heteroatoms. The molecule has 0 atom stereocenters. The summed E-state index contributed by atoms with van der Waals surface area (Å²) in [6, 6.07) is 9.22. The minimum atomic E-state index is -0.922. The summed E-state index contributed by atoms with van der Waals surface area (Å²) in [5.74, 6) is 0.657. The van der Waals surface area contributed by atoms with Gasteiger partial charge in [-0.1, -0.05) is 12.1 Å². The molecule has 0 aliphatic carbocycles. The van der Waals surface area contributed by atoms with Crippen molar-refractivity contribution < 1.29 is 14.6 Å². The molecule has 0 saturated heterocycles. The molecule has 0 spiro atoms. The van der Waals surface area contributed by atoms with Crippen LogP contribution in [0.2, 0.25) is 0 Å². The Labute approximate surface area is 141 Å². The normalized spacial score (nSPS) is 14.4. The number of aromatic nitrogens is 1. The minimum Gasteiger partial charge on any atom is -0.492 e. The third-order valence-electron chi connectivity index (χ3n) is 4.08. The fourth-order valence-electron chi connectivity index (χ4n) is 2.82. The van der Waals surface area contributed by atoms with E-state index in [2.05, 4.69) is 16.0 Å². The maximum atomic E-state index is 11.5. The van der Waals surface area contributed by atoms with E-state index in [9.17, 15) is 9.90 Å². The Bertz CT molecular complexity index is 729. The summed E-state index contributed by atoms with van der Waals surface area (Å²) in [5, 5.41) is 9.40. The average molecular weight is 327 g/mol. The number of carboxylic acids is 1. The van der Waals surface area contributed by atoms with E-state index in [0.717, 1.165) is 23.5 Å². The second kappa shape index (κ2) is 6.88. The van der Waals surface area contributed by atoms with E-state index >= 15 is 0 Å². The van der Waals surface area contributed by atoms with Crippen molar-refractivity contribution in [1.29, 1.82) is 0 Å². The number of anilines is 1. The Morgan fingerprint density at radius 3 is 2.83 bits per heavy atom. The van der Waals surface area contributed by atoms with Crippen LogP contribution >= 0.6 is 0 Å². The van der Waals surface area contributed by atoms with E-state index in [4.69, 9.17) is 4.74 Å². The predicted octanol–water partition coefficient (Wildman–Crippen LogP) is 2.24. The Morgan fingerprint density at radius 2 is 2.17 bits per heavy atom. The van der Waals surface area contributed by atoms with Gasteiger partial charge in [-0.05, 0) is 23.8 Å². The molecule has 1 aromatic heterocycles. The van der Waals surface area contributed by atoms with E-state index in [0.29, 0.717) is 31.0 Å². The molecule has 0 fully saturated rings. The summed E-state index contributed by atoms with van der Waals surface area (Å²) >= 11 is 0. The van der Waals surface area contributed by atoms with Crippen molar-refractivity contribution in [2.24, 2.45) is 0 Å². The second-order valence-electron chi connectivity index (χ2n) is 6.07. The first kappa shape index (κ1) is 16.3. The summed E-state index contributed by atoms with van der Waals surface area (Å²) in [6.07, 6.45) is 1.87. The quantitative estimate of drug-likeness (QED) is 0.929. The summed E-state index contributed by atoms with van der Waals surface area (Å²) in [6.45, 7) is 2.53. The fraction of sp³-hybridized carbons (Fsp3) is 0.333. The molecule has 0 radical (unpaired) electrons. The topological polar surface area (TPSA) is 65.9 Å². The molecule has 2 aromatic rings. The van der Waals surface area contributed by atoms with Gasteiger partial charge in [-0.2, -0.15) is 0 Å². The predicted molar refractivity (Wildman–Crippen MR) is 91.6 cm³/mol. The molecule has 3 rings (SSSR count). The Kier molecular flexibility index (Phi) is 4.66. The molecule has 0 amide bonds. The largest absolute Gasteiger partial charge is 0.492 e. The van der Waals surface area contributed by atoms with Gasteiger partial charge in [0.1, 0.15) is 18.2 Å². The van der Waals surface area contributed by atoms with Gasteiger partial charge in [0.25, 0.3) is 0 Å². The number of benzene rings is 1. The number of hydrogen-bond acceptors (Lipinski definition) is 5. The number of ether oxygens (including phenoxy) is 1. The van der Waals surface area contributed by atoms with Crippen molar-refractivity contribution in [3.05, 3.63) is 53.2 Å². The van der Waals surface area contributed by atoms with Crippen LogP contribution in [0.4, 0.5) is 5.82 Å². The lowest BCUT2D eigenvalue weighted by Gasteiger charge is -2.20. The van der Waals surface area contributed by atoms with Gasteiger partial charge in [0.2, 0.25) is 0 Å². The van der Waals surface area contributed by atoms with E-state index in [1.807, 2.05) is 37.3 Å². The highest BCUT2D eigenvalue weighted by Crippen LogP contribution is 2.27. The zero-order valence-electron chi connectivity index (χ0n) is 13.9. The molecule has 1 aliphatic rings. The smallest absolute Gasteiger partial charge is 0.336 e. The highest BCUT2D eigenvalue weighted by atomic mass is 16.5. The van der Waals surface area contributed by atoms with Gasteiger partial charge < -0.3 is 14.7 Å². The average Bonchev–Trinajstić information content (AvgIpc) is 2.76. The molecular weight excluding hydrogens is 306 g/mol. The third kappa shape index (κ3) is 3.49. The highest BCUT2D eigenvalue weighted by Gasteiger charge is 2.21. The van der Waals surface area contributed by atoms with E-state index < -0.39 is 5.97 Å². The lowest BCUT2D eigenvalue weighted by atomic mass is 10.1. The van der Waals surface area contributed by atoms with E-state index in [-0.39, 0.29) is 0 Å². The molecule has 126 valence electrons. The van der Waals surface area contributed by atoms with Crippen LogP contribution in [-0.4, -0.2) is 48.2 Å². The molecule has 1 aliphatic heterocycles. The standard InChI is InChI=1S/C18H21N3O3/c1-20(2)17-7-6-13(10-19-17)11-21-8-9-24-16-5-3-4-14(18(22)23)15(16)12-21/h3-7,10H,8-9,11-12H2,1-2H3,(H,22,23). The number of carboxylic acid groups (broad SMARTS) is 1. The van der Waals surface area contributed by atoms with Crippen molar-refractivity contribution in [2.75, 3.05) is 32.1 Å². The van der Waals surface area contributed by atoms with Crippen molar-refractivity contribution in [2.45, 2.75) is 13.1 Å². The summed E-state index contributed by atoms with van der Waals surface area (Å²) in [7, 11) is 3.91. The highest BCUT2D eigenvalue weighted by molar-refractivity contribution is 5.90. The molecule has 0 unspecified atom stereocenters. The molecule has 1 N–H and O–H groups in total. The maximum absolute atomic E-state index is 11.5. The second-order valence-corrected chi connectivity index (χ2v) is 6.07. The first-order valence-corrected chi connectivity index (χ1v) is 7.87. The van der Waals surface area contributed by atoms with Crippen molar-refractivity contribution >= 4 is 11.8 Å². The van der Waals surface area contributed by atoms with Crippen LogP contribution in [0.15, 0.2) is 36.5 Å². The monoisotopic (exact) mass is 327 g/mol. The number of pyridine rings is 1. The summed E-state index contributed by atoms with van der Waals surface area (Å²) in [5.41, 5.74) is 2.14. The SMILES string of the molecule is CN(C)c1ccc(CN2CCOc3cccc(C(=O)O)c3C2)cn1. The Balaban J connectivity index is 1.79. The van der Waals surface area contributed by atoms with Crippen LogP contribution < -0.4 is 9.64 Å². The first-order chi connectivity index (χ1) is 11.5. The molecule has 0 bridgehead atoms. The van der Waals surface area contributed by atoms with Crippen LogP contribution in [0.1, 0.15) is 21.5 Å². The lowest BCUT2D eigenvalue weighted by Crippen LogP contribution is -2.26. The number of aromatic carboxylic acids is 1. The van der Waals surface area contributed by atoms with Gasteiger partial charge in [0.15, 0.2) is 0 Å².